The number of fused-ring (bicyclic) bond motifs is 1. The van der Waals surface area contributed by atoms with Gasteiger partial charge in [0, 0.05) is 25.2 Å². The number of hydrogen-bond donors (Lipinski definition) is 1. The monoisotopic (exact) mass is 338 g/mol. The van der Waals surface area contributed by atoms with Crippen molar-refractivity contribution < 1.29 is 19.1 Å². The second-order valence-electron chi connectivity index (χ2n) is 6.15. The van der Waals surface area contributed by atoms with Crippen LogP contribution in [0.4, 0.5) is 5.69 Å². The van der Waals surface area contributed by atoms with Crippen molar-refractivity contribution in [2.45, 2.75) is 13.0 Å². The third kappa shape index (κ3) is 3.15. The molecule has 1 saturated heterocycles. The molecule has 0 aromatic heterocycles. The topological polar surface area (TPSA) is 67.9 Å². The van der Waals surface area contributed by atoms with Crippen LogP contribution in [-0.2, 0) is 16.1 Å². The number of carbonyl (C=O) groups is 2. The van der Waals surface area contributed by atoms with E-state index in [9.17, 15) is 9.59 Å². The maximum atomic E-state index is 12.4. The molecule has 0 bridgehead atoms. The van der Waals surface area contributed by atoms with Gasteiger partial charge in [0.05, 0.1) is 5.92 Å². The lowest BCUT2D eigenvalue weighted by atomic mass is 10.1. The van der Waals surface area contributed by atoms with Crippen molar-refractivity contribution in [1.82, 2.24) is 5.32 Å². The Morgan fingerprint density at radius 3 is 2.76 bits per heavy atom. The first-order valence-electron chi connectivity index (χ1n) is 8.22. The second kappa shape index (κ2) is 6.47. The molecule has 2 amide bonds. The molecule has 128 valence electrons. The van der Waals surface area contributed by atoms with E-state index in [0.717, 1.165) is 17.0 Å². The van der Waals surface area contributed by atoms with Crippen LogP contribution >= 0.6 is 0 Å². The molecule has 1 fully saturated rings. The molecule has 1 unspecified atom stereocenters. The van der Waals surface area contributed by atoms with Gasteiger partial charge in [0.1, 0.15) is 0 Å². The van der Waals surface area contributed by atoms with Gasteiger partial charge in [0.2, 0.25) is 18.6 Å². The van der Waals surface area contributed by atoms with Crippen molar-refractivity contribution in [2.24, 2.45) is 5.92 Å². The molecule has 0 radical (unpaired) electrons. The van der Waals surface area contributed by atoms with Gasteiger partial charge in [0.25, 0.3) is 0 Å². The van der Waals surface area contributed by atoms with Crippen LogP contribution in [-0.4, -0.2) is 25.2 Å². The zero-order valence-electron chi connectivity index (χ0n) is 13.6. The van der Waals surface area contributed by atoms with E-state index in [4.69, 9.17) is 9.47 Å². The molecule has 0 aliphatic carbocycles. The van der Waals surface area contributed by atoms with Crippen LogP contribution in [0.15, 0.2) is 48.5 Å². The molecule has 1 atom stereocenters. The maximum Gasteiger partial charge on any atom is 0.231 e. The summed E-state index contributed by atoms with van der Waals surface area (Å²) in [6.45, 7) is 1.03. The van der Waals surface area contributed by atoms with Crippen molar-refractivity contribution in [3.63, 3.8) is 0 Å². The Morgan fingerprint density at radius 2 is 1.92 bits per heavy atom. The largest absolute Gasteiger partial charge is 0.454 e. The Morgan fingerprint density at radius 1 is 1.12 bits per heavy atom. The number of hydrogen-bond acceptors (Lipinski definition) is 4. The highest BCUT2D eigenvalue weighted by atomic mass is 16.7. The number of anilines is 1. The van der Waals surface area contributed by atoms with Crippen molar-refractivity contribution in [3.05, 3.63) is 54.1 Å². The van der Waals surface area contributed by atoms with Gasteiger partial charge in [-0.1, -0.05) is 24.3 Å². The normalized spacial score (nSPS) is 18.5. The first-order chi connectivity index (χ1) is 12.2. The van der Waals surface area contributed by atoms with E-state index >= 15 is 0 Å². The summed E-state index contributed by atoms with van der Waals surface area (Å²) in [6.07, 6.45) is 0.238. The van der Waals surface area contributed by atoms with Crippen LogP contribution in [0.3, 0.4) is 0 Å². The average Bonchev–Trinajstić information content (AvgIpc) is 3.26. The molecule has 0 spiro atoms. The van der Waals surface area contributed by atoms with Gasteiger partial charge in [-0.15, -0.1) is 0 Å². The van der Waals surface area contributed by atoms with Crippen molar-refractivity contribution in [3.8, 4) is 11.5 Å². The van der Waals surface area contributed by atoms with Gasteiger partial charge >= 0.3 is 0 Å². The molecule has 2 heterocycles. The smallest absolute Gasteiger partial charge is 0.231 e. The number of ether oxygens (including phenoxy) is 2. The van der Waals surface area contributed by atoms with E-state index in [1.54, 1.807) is 4.90 Å². The Labute approximate surface area is 145 Å². The standard InChI is InChI=1S/C19H18N2O4/c22-18-9-14(11-21(18)15-4-2-1-3-5-15)19(23)20-10-13-6-7-16-17(8-13)25-12-24-16/h1-8,14H,9-12H2,(H,20,23). The third-order valence-electron chi connectivity index (χ3n) is 4.47. The highest BCUT2D eigenvalue weighted by Gasteiger charge is 2.34. The first kappa shape index (κ1) is 15.5. The zero-order valence-corrected chi connectivity index (χ0v) is 13.6. The molecule has 0 saturated carbocycles. The zero-order chi connectivity index (χ0) is 17.2. The van der Waals surface area contributed by atoms with Gasteiger partial charge in [-0.05, 0) is 29.8 Å². The van der Waals surface area contributed by atoms with Crippen LogP contribution in [0.2, 0.25) is 0 Å². The molecule has 6 nitrogen and oxygen atoms in total. The predicted octanol–water partition coefficient (Wildman–Crippen LogP) is 2.08. The van der Waals surface area contributed by atoms with Gasteiger partial charge < -0.3 is 19.7 Å². The fourth-order valence-corrected chi connectivity index (χ4v) is 3.13. The summed E-state index contributed by atoms with van der Waals surface area (Å²) in [7, 11) is 0. The lowest BCUT2D eigenvalue weighted by Crippen LogP contribution is -2.32. The van der Waals surface area contributed by atoms with E-state index < -0.39 is 0 Å². The number of rotatable bonds is 4. The molecule has 6 heteroatoms. The molecule has 25 heavy (non-hydrogen) atoms. The summed E-state index contributed by atoms with van der Waals surface area (Å²) in [5.41, 5.74) is 1.76. The summed E-state index contributed by atoms with van der Waals surface area (Å²) in [5.74, 6) is 0.952. The fourth-order valence-electron chi connectivity index (χ4n) is 3.13. The van der Waals surface area contributed by atoms with Crippen LogP contribution in [0.5, 0.6) is 11.5 Å². The average molecular weight is 338 g/mol. The first-order valence-corrected chi connectivity index (χ1v) is 8.22. The Kier molecular flexibility index (Phi) is 4.01. The quantitative estimate of drug-likeness (QED) is 0.927. The summed E-state index contributed by atoms with van der Waals surface area (Å²) in [5, 5.41) is 2.91. The van der Waals surface area contributed by atoms with Gasteiger partial charge in [-0.2, -0.15) is 0 Å². The maximum absolute atomic E-state index is 12.4. The van der Waals surface area contributed by atoms with Crippen LogP contribution < -0.4 is 19.7 Å². The minimum atomic E-state index is -0.332. The molecule has 2 aliphatic rings. The van der Waals surface area contributed by atoms with Crippen LogP contribution in [0, 0.1) is 5.92 Å². The highest BCUT2D eigenvalue weighted by Crippen LogP contribution is 2.32. The Balaban J connectivity index is 1.36. The number of amides is 2. The summed E-state index contributed by atoms with van der Waals surface area (Å²) in [6, 6.07) is 15.0. The summed E-state index contributed by atoms with van der Waals surface area (Å²) < 4.78 is 10.6. The van der Waals surface area contributed by atoms with Crippen molar-refractivity contribution in [2.75, 3.05) is 18.2 Å². The Hall–Kier alpha value is -3.02. The molecule has 1 N–H and O–H groups in total. The van der Waals surface area contributed by atoms with Gasteiger partial charge in [-0.25, -0.2) is 0 Å². The minimum absolute atomic E-state index is 0.0190. The highest BCUT2D eigenvalue weighted by molar-refractivity contribution is 6.00. The molecule has 4 rings (SSSR count). The third-order valence-corrected chi connectivity index (χ3v) is 4.47. The van der Waals surface area contributed by atoms with E-state index in [1.165, 1.54) is 0 Å². The van der Waals surface area contributed by atoms with Gasteiger partial charge in [0.15, 0.2) is 11.5 Å². The van der Waals surface area contributed by atoms with Crippen LogP contribution in [0.25, 0.3) is 0 Å². The number of benzene rings is 2. The van der Waals surface area contributed by atoms with Crippen LogP contribution in [0.1, 0.15) is 12.0 Å². The fraction of sp³-hybridized carbons (Fsp3) is 0.263. The molecule has 2 aliphatic heterocycles. The minimum Gasteiger partial charge on any atom is -0.454 e. The molecule has 2 aromatic rings. The lowest BCUT2D eigenvalue weighted by Gasteiger charge is -2.16. The SMILES string of the molecule is O=C(NCc1ccc2c(c1)OCO2)C1CC(=O)N(c2ccccc2)C1. The predicted molar refractivity (Wildman–Crippen MR) is 91.3 cm³/mol. The number of carbonyl (C=O) groups excluding carboxylic acids is 2. The van der Waals surface area contributed by atoms with E-state index in [2.05, 4.69) is 5.32 Å². The molecular weight excluding hydrogens is 320 g/mol. The van der Waals surface area contributed by atoms with E-state index in [1.807, 2.05) is 48.5 Å². The number of nitrogens with one attached hydrogen (secondary N) is 1. The molecular formula is C19H18N2O4. The summed E-state index contributed by atoms with van der Waals surface area (Å²) in [4.78, 5) is 26.3. The van der Waals surface area contributed by atoms with Gasteiger partial charge in [-0.3, -0.25) is 9.59 Å². The summed E-state index contributed by atoms with van der Waals surface area (Å²) >= 11 is 0. The van der Waals surface area contributed by atoms with Crippen molar-refractivity contribution >= 4 is 17.5 Å². The Bertz CT molecular complexity index is 806. The number of para-hydroxylation sites is 1. The van der Waals surface area contributed by atoms with Crippen molar-refractivity contribution in [1.29, 1.82) is 0 Å². The second-order valence-corrected chi connectivity index (χ2v) is 6.15. The van der Waals surface area contributed by atoms with E-state index in [-0.39, 0.29) is 30.9 Å². The number of nitrogens with zero attached hydrogens (tertiary/aromatic N) is 1. The van der Waals surface area contributed by atoms with E-state index in [0.29, 0.717) is 18.8 Å². The lowest BCUT2D eigenvalue weighted by molar-refractivity contribution is -0.126. The molecule has 2 aromatic carbocycles.